The Morgan fingerprint density at radius 1 is 1.03 bits per heavy atom. The molecule has 1 aliphatic rings. The number of carbonyl (C=O) groups is 1. The summed E-state index contributed by atoms with van der Waals surface area (Å²) >= 11 is 0. The predicted octanol–water partition coefficient (Wildman–Crippen LogP) is 3.95. The monoisotopic (exact) mass is 399 g/mol. The van der Waals surface area contributed by atoms with Gasteiger partial charge < -0.3 is 10.1 Å². The van der Waals surface area contributed by atoms with Crippen LogP contribution in [0.25, 0.3) is 0 Å². The Hall–Kier alpha value is -3.42. The zero-order valence-corrected chi connectivity index (χ0v) is 15.1. The lowest BCUT2D eigenvalue weighted by atomic mass is 9.81. The van der Waals surface area contributed by atoms with Gasteiger partial charge in [0.05, 0.1) is 12.2 Å². The third-order valence-corrected chi connectivity index (χ3v) is 4.88. The molecule has 4 rings (SSSR count). The summed E-state index contributed by atoms with van der Waals surface area (Å²) < 4.78 is 44.7. The van der Waals surface area contributed by atoms with E-state index in [0.717, 1.165) is 12.1 Å². The van der Waals surface area contributed by atoms with Crippen LogP contribution in [0.5, 0.6) is 5.75 Å². The second-order valence-electron chi connectivity index (χ2n) is 6.62. The number of aromatic nitrogens is 2. The van der Waals surface area contributed by atoms with Crippen LogP contribution in [-0.2, 0) is 11.7 Å². The summed E-state index contributed by atoms with van der Waals surface area (Å²) in [4.78, 5) is 21.2. The highest BCUT2D eigenvalue weighted by molar-refractivity contribution is 5.95. The van der Waals surface area contributed by atoms with Crippen molar-refractivity contribution in [2.24, 2.45) is 0 Å². The van der Waals surface area contributed by atoms with Crippen LogP contribution >= 0.6 is 0 Å². The number of nitrogens with one attached hydrogen (secondary N) is 1. The van der Waals surface area contributed by atoms with E-state index < -0.39 is 17.3 Å². The maximum absolute atomic E-state index is 13.0. The molecule has 1 N–H and O–H groups in total. The number of ether oxygens (including phenoxy) is 1. The van der Waals surface area contributed by atoms with E-state index in [0.29, 0.717) is 29.0 Å². The summed E-state index contributed by atoms with van der Waals surface area (Å²) in [6, 6.07) is 11.3. The van der Waals surface area contributed by atoms with E-state index in [1.54, 1.807) is 30.5 Å². The third-order valence-electron chi connectivity index (χ3n) is 4.88. The Bertz CT molecular complexity index is 1020. The van der Waals surface area contributed by atoms with Crippen LogP contribution in [0.3, 0.4) is 0 Å². The zero-order valence-electron chi connectivity index (χ0n) is 15.1. The van der Waals surface area contributed by atoms with Crippen molar-refractivity contribution in [1.82, 2.24) is 15.3 Å². The van der Waals surface area contributed by atoms with Gasteiger partial charge in [-0.05, 0) is 42.0 Å². The summed E-state index contributed by atoms with van der Waals surface area (Å²) in [5.74, 6) is 0.0967. The molecule has 1 aliphatic heterocycles. The van der Waals surface area contributed by atoms with Crippen molar-refractivity contribution >= 4 is 5.91 Å². The fraction of sp³-hybridized carbons (Fsp3) is 0.190. The molecule has 2 aromatic heterocycles. The van der Waals surface area contributed by atoms with Gasteiger partial charge in [0.25, 0.3) is 5.91 Å². The summed E-state index contributed by atoms with van der Waals surface area (Å²) in [6.45, 7) is 0.274. The summed E-state index contributed by atoms with van der Waals surface area (Å²) in [6.07, 6.45) is 0.424. The largest absolute Gasteiger partial charge is 0.491 e. The van der Waals surface area contributed by atoms with E-state index in [2.05, 4.69) is 15.3 Å². The maximum atomic E-state index is 13.0. The van der Waals surface area contributed by atoms with Gasteiger partial charge in [-0.3, -0.25) is 14.8 Å². The summed E-state index contributed by atoms with van der Waals surface area (Å²) in [5.41, 5.74) is -0.552. The lowest BCUT2D eigenvalue weighted by Gasteiger charge is -2.39. The Morgan fingerprint density at radius 2 is 1.76 bits per heavy atom. The molecule has 0 radical (unpaired) electrons. The van der Waals surface area contributed by atoms with Crippen LogP contribution in [-0.4, -0.2) is 22.5 Å². The predicted molar refractivity (Wildman–Crippen MR) is 98.3 cm³/mol. The molecule has 3 aromatic rings. The minimum atomic E-state index is -4.45. The van der Waals surface area contributed by atoms with Crippen LogP contribution in [0.2, 0.25) is 0 Å². The van der Waals surface area contributed by atoms with Crippen LogP contribution in [0.15, 0.2) is 67.1 Å². The van der Waals surface area contributed by atoms with Crippen LogP contribution < -0.4 is 10.1 Å². The van der Waals surface area contributed by atoms with Gasteiger partial charge in [-0.2, -0.15) is 13.2 Å². The standard InChI is InChI=1S/C21H16F3N3O2/c22-21(23,24)16-5-3-15(4-6-16)20(27-19(28)14-7-11-25-12-8-14)9-13-29-17-2-1-10-26-18(17)20/h1-8,10-12H,9,13H2,(H,27,28). The van der Waals surface area contributed by atoms with E-state index in [4.69, 9.17) is 4.74 Å². The lowest BCUT2D eigenvalue weighted by molar-refractivity contribution is -0.137. The average Bonchev–Trinajstić information content (AvgIpc) is 2.74. The normalized spacial score (nSPS) is 18.4. The molecule has 29 heavy (non-hydrogen) atoms. The fourth-order valence-corrected chi connectivity index (χ4v) is 3.45. The number of hydrogen-bond acceptors (Lipinski definition) is 4. The van der Waals surface area contributed by atoms with Crippen molar-refractivity contribution in [3.63, 3.8) is 0 Å². The summed E-state index contributed by atoms with van der Waals surface area (Å²) in [7, 11) is 0. The number of alkyl halides is 3. The molecule has 8 heteroatoms. The molecule has 0 spiro atoms. The van der Waals surface area contributed by atoms with Crippen molar-refractivity contribution in [1.29, 1.82) is 0 Å². The van der Waals surface area contributed by atoms with E-state index in [9.17, 15) is 18.0 Å². The van der Waals surface area contributed by atoms with E-state index in [1.165, 1.54) is 24.5 Å². The quantitative estimate of drug-likeness (QED) is 0.724. The van der Waals surface area contributed by atoms with Gasteiger partial charge in [0, 0.05) is 30.6 Å². The Balaban J connectivity index is 1.82. The second-order valence-corrected chi connectivity index (χ2v) is 6.62. The zero-order chi connectivity index (χ0) is 20.5. The Morgan fingerprint density at radius 3 is 2.45 bits per heavy atom. The van der Waals surface area contributed by atoms with Crippen molar-refractivity contribution in [2.45, 2.75) is 18.1 Å². The third kappa shape index (κ3) is 3.53. The number of carbonyl (C=O) groups excluding carboxylic acids is 1. The van der Waals surface area contributed by atoms with E-state index in [1.807, 2.05) is 0 Å². The molecule has 0 bridgehead atoms. The van der Waals surface area contributed by atoms with Crippen molar-refractivity contribution in [3.8, 4) is 5.75 Å². The average molecular weight is 399 g/mol. The number of halogens is 3. The molecule has 0 fully saturated rings. The molecule has 5 nitrogen and oxygen atoms in total. The number of benzene rings is 1. The van der Waals surface area contributed by atoms with E-state index in [-0.39, 0.29) is 12.5 Å². The fourth-order valence-electron chi connectivity index (χ4n) is 3.45. The first-order chi connectivity index (χ1) is 13.9. The van der Waals surface area contributed by atoms with Crippen LogP contribution in [0.1, 0.15) is 33.6 Å². The van der Waals surface area contributed by atoms with Gasteiger partial charge in [0.1, 0.15) is 17.0 Å². The number of pyridine rings is 2. The minimum absolute atomic E-state index is 0.274. The Kier molecular flexibility index (Phi) is 4.70. The molecular weight excluding hydrogens is 383 g/mol. The number of hydrogen-bond donors (Lipinski definition) is 1. The molecule has 1 atom stereocenters. The molecule has 1 unspecified atom stereocenters. The van der Waals surface area contributed by atoms with Crippen LogP contribution in [0.4, 0.5) is 13.2 Å². The highest BCUT2D eigenvalue weighted by atomic mass is 19.4. The molecular formula is C21H16F3N3O2. The van der Waals surface area contributed by atoms with Crippen LogP contribution in [0, 0.1) is 0 Å². The van der Waals surface area contributed by atoms with Gasteiger partial charge in [0.2, 0.25) is 0 Å². The Labute approximate surface area is 164 Å². The molecule has 148 valence electrons. The first-order valence-corrected chi connectivity index (χ1v) is 8.89. The van der Waals surface area contributed by atoms with Gasteiger partial charge in [-0.15, -0.1) is 0 Å². The second kappa shape index (κ2) is 7.20. The molecule has 0 saturated heterocycles. The smallest absolute Gasteiger partial charge is 0.416 e. The minimum Gasteiger partial charge on any atom is -0.491 e. The molecule has 0 saturated carbocycles. The molecule has 3 heterocycles. The lowest BCUT2D eigenvalue weighted by Crippen LogP contribution is -2.50. The number of rotatable bonds is 3. The molecule has 1 amide bonds. The first kappa shape index (κ1) is 18.9. The van der Waals surface area contributed by atoms with Crippen molar-refractivity contribution in [3.05, 3.63) is 89.5 Å². The maximum Gasteiger partial charge on any atom is 0.416 e. The number of fused-ring (bicyclic) bond motifs is 1. The molecule has 0 aliphatic carbocycles. The van der Waals surface area contributed by atoms with Gasteiger partial charge in [-0.25, -0.2) is 0 Å². The first-order valence-electron chi connectivity index (χ1n) is 8.89. The summed E-state index contributed by atoms with van der Waals surface area (Å²) in [5, 5.41) is 2.99. The topological polar surface area (TPSA) is 64.1 Å². The van der Waals surface area contributed by atoms with Gasteiger partial charge >= 0.3 is 6.18 Å². The van der Waals surface area contributed by atoms with Crippen molar-refractivity contribution < 1.29 is 22.7 Å². The SMILES string of the molecule is O=C(NC1(c2ccc(C(F)(F)F)cc2)CCOc2cccnc21)c1ccncc1. The van der Waals surface area contributed by atoms with Gasteiger partial charge in [-0.1, -0.05) is 12.1 Å². The van der Waals surface area contributed by atoms with Gasteiger partial charge in [0.15, 0.2) is 0 Å². The van der Waals surface area contributed by atoms with E-state index >= 15 is 0 Å². The number of nitrogens with zero attached hydrogens (tertiary/aromatic N) is 2. The number of amides is 1. The van der Waals surface area contributed by atoms with Crippen molar-refractivity contribution in [2.75, 3.05) is 6.61 Å². The highest BCUT2D eigenvalue weighted by Gasteiger charge is 2.43. The molecule has 1 aromatic carbocycles. The highest BCUT2D eigenvalue weighted by Crippen LogP contribution is 2.41.